The summed E-state index contributed by atoms with van der Waals surface area (Å²) in [5, 5.41) is 18.7. The summed E-state index contributed by atoms with van der Waals surface area (Å²) in [6.07, 6.45) is 1.41. The van der Waals surface area contributed by atoms with E-state index in [4.69, 9.17) is 19.4 Å². The van der Waals surface area contributed by atoms with Gasteiger partial charge in [-0.1, -0.05) is 36.4 Å². The van der Waals surface area contributed by atoms with Crippen LogP contribution >= 0.6 is 0 Å². The highest BCUT2D eigenvalue weighted by molar-refractivity contribution is 6.03. The Labute approximate surface area is 178 Å². The predicted octanol–water partition coefficient (Wildman–Crippen LogP) is 7.08. The summed E-state index contributed by atoms with van der Waals surface area (Å²) in [4.78, 5) is 2.16. The van der Waals surface area contributed by atoms with E-state index in [1.807, 2.05) is 66.7 Å². The van der Waals surface area contributed by atoms with E-state index in [-0.39, 0.29) is 5.57 Å². The van der Waals surface area contributed by atoms with Gasteiger partial charge in [-0.25, -0.2) is 0 Å². The number of nitrogens with zero attached hydrogens (tertiary/aromatic N) is 3. The van der Waals surface area contributed by atoms with Gasteiger partial charge in [-0.3, -0.25) is 0 Å². The molecule has 0 saturated carbocycles. The number of anilines is 3. The van der Waals surface area contributed by atoms with E-state index in [0.717, 1.165) is 22.4 Å². The molecule has 0 radical (unpaired) electrons. The van der Waals surface area contributed by atoms with Crippen molar-refractivity contribution in [2.45, 2.75) is 0 Å². The molecular formula is C26H15N3O2. The minimum absolute atomic E-state index is 0.0237. The van der Waals surface area contributed by atoms with Crippen molar-refractivity contribution in [3.63, 3.8) is 0 Å². The fraction of sp³-hybridized carbons (Fsp3) is 0. The van der Waals surface area contributed by atoms with Gasteiger partial charge in [-0.05, 0) is 36.4 Å². The van der Waals surface area contributed by atoms with E-state index in [2.05, 4.69) is 29.2 Å². The average molecular weight is 401 g/mol. The van der Waals surface area contributed by atoms with E-state index < -0.39 is 0 Å². The van der Waals surface area contributed by atoms with Gasteiger partial charge in [0.2, 0.25) is 0 Å². The van der Waals surface area contributed by atoms with Gasteiger partial charge in [-0.2, -0.15) is 10.5 Å². The van der Waals surface area contributed by atoms with Crippen LogP contribution in [-0.2, 0) is 0 Å². The lowest BCUT2D eigenvalue weighted by Gasteiger charge is -2.25. The van der Waals surface area contributed by atoms with Crippen LogP contribution < -0.4 is 4.90 Å². The van der Waals surface area contributed by atoms with Gasteiger partial charge >= 0.3 is 0 Å². The van der Waals surface area contributed by atoms with Crippen molar-refractivity contribution in [3.05, 3.63) is 96.3 Å². The fourth-order valence-electron chi connectivity index (χ4n) is 3.60. The van der Waals surface area contributed by atoms with E-state index >= 15 is 0 Å². The van der Waals surface area contributed by atoms with Crippen LogP contribution in [0.25, 0.3) is 28.2 Å². The molecule has 0 N–H and O–H groups in total. The fourth-order valence-corrected chi connectivity index (χ4v) is 3.60. The van der Waals surface area contributed by atoms with Crippen LogP contribution in [0.5, 0.6) is 0 Å². The molecular weight excluding hydrogens is 386 g/mol. The van der Waals surface area contributed by atoms with Crippen molar-refractivity contribution >= 4 is 45.3 Å². The molecule has 0 saturated heterocycles. The van der Waals surface area contributed by atoms with Gasteiger partial charge in [0.25, 0.3) is 0 Å². The van der Waals surface area contributed by atoms with E-state index in [0.29, 0.717) is 22.5 Å². The number of para-hydroxylation sites is 2. The normalized spacial score (nSPS) is 10.5. The largest absolute Gasteiger partial charge is 0.452 e. The summed E-state index contributed by atoms with van der Waals surface area (Å²) < 4.78 is 11.9. The zero-order chi connectivity index (χ0) is 21.2. The summed E-state index contributed by atoms with van der Waals surface area (Å²) in [6, 6.07) is 31.6. The SMILES string of the molecule is N#CC(C#N)=Cc1cc2oc3cc(N(c4ccccc4)c4ccccc4)ccc3c2o1. The zero-order valence-corrected chi connectivity index (χ0v) is 16.3. The third-order valence-electron chi connectivity index (χ3n) is 4.96. The Bertz CT molecular complexity index is 1440. The van der Waals surface area contributed by atoms with Crippen molar-refractivity contribution in [1.29, 1.82) is 10.5 Å². The third-order valence-corrected chi connectivity index (χ3v) is 4.96. The Hall–Kier alpha value is -4.74. The second-order valence-electron chi connectivity index (χ2n) is 6.91. The van der Waals surface area contributed by atoms with Crippen LogP contribution in [0.15, 0.2) is 99.3 Å². The van der Waals surface area contributed by atoms with Gasteiger partial charge in [0.15, 0.2) is 11.2 Å². The Morgan fingerprint density at radius 3 is 1.97 bits per heavy atom. The van der Waals surface area contributed by atoms with Crippen LogP contribution in [0.3, 0.4) is 0 Å². The molecule has 0 atom stereocenters. The first-order valence-corrected chi connectivity index (χ1v) is 9.65. The molecule has 5 nitrogen and oxygen atoms in total. The minimum Gasteiger partial charge on any atom is -0.452 e. The van der Waals surface area contributed by atoms with Crippen LogP contribution in [0.4, 0.5) is 17.1 Å². The molecule has 0 bridgehead atoms. The van der Waals surface area contributed by atoms with E-state index in [1.54, 1.807) is 6.07 Å². The third kappa shape index (κ3) is 3.31. The topological polar surface area (TPSA) is 77.1 Å². The molecule has 2 heterocycles. The number of allylic oxidation sites excluding steroid dienone is 1. The molecule has 0 aliphatic carbocycles. The quantitative estimate of drug-likeness (QED) is 0.301. The molecule has 0 aliphatic heterocycles. The number of nitriles is 2. The number of rotatable bonds is 4. The molecule has 0 fully saturated rings. The average Bonchev–Trinajstić information content (AvgIpc) is 3.36. The maximum absolute atomic E-state index is 8.94. The molecule has 5 rings (SSSR count). The Morgan fingerprint density at radius 2 is 1.35 bits per heavy atom. The number of hydrogen-bond acceptors (Lipinski definition) is 5. The first-order chi connectivity index (χ1) is 15.3. The summed E-state index contributed by atoms with van der Waals surface area (Å²) in [5.74, 6) is 0.410. The first kappa shape index (κ1) is 18.3. The van der Waals surface area contributed by atoms with Gasteiger partial charge in [0.1, 0.15) is 29.1 Å². The van der Waals surface area contributed by atoms with Crippen LogP contribution in [0, 0.1) is 22.7 Å². The molecule has 2 aromatic heterocycles. The van der Waals surface area contributed by atoms with Gasteiger partial charge in [0, 0.05) is 35.3 Å². The monoisotopic (exact) mass is 401 g/mol. The molecule has 3 aromatic carbocycles. The molecule has 5 heteroatoms. The molecule has 0 aliphatic rings. The maximum Gasteiger partial charge on any atom is 0.181 e. The number of hydrogen-bond donors (Lipinski definition) is 0. The van der Waals surface area contributed by atoms with E-state index in [9.17, 15) is 0 Å². The minimum atomic E-state index is -0.0237. The Morgan fingerprint density at radius 1 is 0.710 bits per heavy atom. The summed E-state index contributed by atoms with van der Waals surface area (Å²) in [7, 11) is 0. The standard InChI is InChI=1S/C26H15N3O2/c27-16-18(17-28)13-22-15-25-26(30-22)23-12-11-21(14-24(23)31-25)29(19-7-3-1-4-8-19)20-9-5-2-6-10-20/h1-15H. The molecule has 5 aromatic rings. The number of benzene rings is 3. The second kappa shape index (κ2) is 7.59. The van der Waals surface area contributed by atoms with Gasteiger partial charge in [-0.15, -0.1) is 0 Å². The first-order valence-electron chi connectivity index (χ1n) is 9.65. The van der Waals surface area contributed by atoms with Crippen molar-refractivity contribution in [2.24, 2.45) is 0 Å². The van der Waals surface area contributed by atoms with Crippen LogP contribution in [-0.4, -0.2) is 0 Å². The Balaban J connectivity index is 1.62. The summed E-state index contributed by atoms with van der Waals surface area (Å²) in [5.41, 5.74) is 4.86. The Kier molecular flexibility index (Phi) is 4.48. The highest BCUT2D eigenvalue weighted by Gasteiger charge is 2.17. The molecule has 31 heavy (non-hydrogen) atoms. The lowest BCUT2D eigenvalue weighted by molar-refractivity contribution is 0.605. The lowest BCUT2D eigenvalue weighted by Crippen LogP contribution is -2.09. The second-order valence-corrected chi connectivity index (χ2v) is 6.91. The van der Waals surface area contributed by atoms with Crippen LogP contribution in [0.2, 0.25) is 0 Å². The van der Waals surface area contributed by atoms with Crippen LogP contribution in [0.1, 0.15) is 5.76 Å². The smallest absolute Gasteiger partial charge is 0.181 e. The summed E-state index contributed by atoms with van der Waals surface area (Å²) >= 11 is 0. The molecule has 0 unspecified atom stereocenters. The number of furan rings is 2. The van der Waals surface area contributed by atoms with Crippen molar-refractivity contribution < 1.29 is 8.83 Å². The maximum atomic E-state index is 8.94. The van der Waals surface area contributed by atoms with Gasteiger partial charge < -0.3 is 13.7 Å². The zero-order valence-electron chi connectivity index (χ0n) is 16.3. The number of fused-ring (bicyclic) bond motifs is 3. The highest BCUT2D eigenvalue weighted by atomic mass is 16.4. The molecule has 146 valence electrons. The van der Waals surface area contributed by atoms with Crippen molar-refractivity contribution in [1.82, 2.24) is 0 Å². The molecule has 0 amide bonds. The lowest BCUT2D eigenvalue weighted by atomic mass is 10.1. The summed E-state index contributed by atoms with van der Waals surface area (Å²) in [6.45, 7) is 0. The van der Waals surface area contributed by atoms with E-state index in [1.165, 1.54) is 6.08 Å². The molecule has 0 spiro atoms. The van der Waals surface area contributed by atoms with Crippen molar-refractivity contribution in [3.8, 4) is 12.1 Å². The van der Waals surface area contributed by atoms with Crippen molar-refractivity contribution in [2.75, 3.05) is 4.90 Å². The van der Waals surface area contributed by atoms with Gasteiger partial charge in [0.05, 0.1) is 5.39 Å². The predicted molar refractivity (Wildman–Crippen MR) is 120 cm³/mol. The highest BCUT2D eigenvalue weighted by Crippen LogP contribution is 2.38.